The van der Waals surface area contributed by atoms with E-state index in [0.717, 1.165) is 65.2 Å². The predicted molar refractivity (Wildman–Crippen MR) is 208 cm³/mol. The molecule has 7 aromatic carbocycles. The molecule has 0 radical (unpaired) electrons. The SMILES string of the molecule is [2H]c1c([2H])c([2H])c2c(oc3c([2H])c([2H])c([2H])c(-c4nc5nc(n4)n4c6ccccc6c6cccc(c7ccccc7c7cccc8c9ccccc9n5c78)c64)c32)c1[2H]. The lowest BCUT2D eigenvalue weighted by molar-refractivity contribution is 0.669. The van der Waals surface area contributed by atoms with E-state index in [1.807, 2.05) is 57.3 Å². The zero-order valence-corrected chi connectivity index (χ0v) is 26.5. The van der Waals surface area contributed by atoms with Gasteiger partial charge in [-0.1, -0.05) is 127 Å². The van der Waals surface area contributed by atoms with Gasteiger partial charge in [0.25, 0.3) is 0 Å². The van der Waals surface area contributed by atoms with Gasteiger partial charge >= 0.3 is 0 Å². The summed E-state index contributed by atoms with van der Waals surface area (Å²) in [5, 5.41) is 7.82. The third-order valence-corrected chi connectivity index (χ3v) is 10.1. The van der Waals surface area contributed by atoms with Gasteiger partial charge in [-0.3, -0.25) is 8.80 Å². The minimum Gasteiger partial charge on any atom is -0.456 e. The molecule has 0 amide bonds. The van der Waals surface area contributed by atoms with Gasteiger partial charge in [-0.2, -0.15) is 15.0 Å². The molecule has 12 aromatic rings. The normalized spacial score (nSPS) is 14.2. The van der Waals surface area contributed by atoms with Gasteiger partial charge in [-0.05, 0) is 35.0 Å². The fourth-order valence-corrected chi connectivity index (χ4v) is 8.03. The van der Waals surface area contributed by atoms with Crippen molar-refractivity contribution in [3.8, 4) is 11.4 Å². The lowest BCUT2D eigenvalue weighted by Crippen LogP contribution is -2.01. The van der Waals surface area contributed by atoms with Crippen molar-refractivity contribution in [3.63, 3.8) is 0 Å². The summed E-state index contributed by atoms with van der Waals surface area (Å²) in [5.41, 5.74) is 3.00. The molecular weight excluding hydrogens is 627 g/mol. The van der Waals surface area contributed by atoms with Gasteiger partial charge < -0.3 is 4.42 Å². The Morgan fingerprint density at radius 1 is 0.431 bits per heavy atom. The fraction of sp³-hybridized carbons (Fsp3) is 0. The molecule has 51 heavy (non-hydrogen) atoms. The molecule has 5 heterocycles. The first-order valence-electron chi connectivity index (χ1n) is 20.1. The Morgan fingerprint density at radius 2 is 0.922 bits per heavy atom. The Kier molecular flexibility index (Phi) is 4.05. The predicted octanol–water partition coefficient (Wildman–Crippen LogP) is 11.4. The average molecular weight is 659 g/mol. The maximum Gasteiger partial charge on any atom is 0.240 e. The van der Waals surface area contributed by atoms with E-state index >= 15 is 0 Å². The molecule has 0 spiro atoms. The van der Waals surface area contributed by atoms with Crippen LogP contribution in [0.25, 0.3) is 110 Å². The van der Waals surface area contributed by atoms with Crippen LogP contribution in [-0.4, -0.2) is 23.8 Å². The van der Waals surface area contributed by atoms with Crippen LogP contribution in [-0.2, 0) is 0 Å². The second-order valence-electron chi connectivity index (χ2n) is 12.7. The van der Waals surface area contributed by atoms with Crippen LogP contribution in [0.3, 0.4) is 0 Å². The number of fused-ring (bicyclic) bond motifs is 16. The maximum absolute atomic E-state index is 9.42. The molecule has 0 saturated heterocycles. The van der Waals surface area contributed by atoms with E-state index in [-0.39, 0.29) is 44.9 Å². The molecule has 5 aromatic heterocycles. The summed E-state index contributed by atoms with van der Waals surface area (Å²) >= 11 is 0. The van der Waals surface area contributed by atoms with Crippen molar-refractivity contribution in [2.75, 3.05) is 0 Å². The van der Waals surface area contributed by atoms with Gasteiger partial charge in [0.1, 0.15) is 11.2 Å². The Labute approximate surface area is 298 Å². The first-order chi connectivity index (χ1) is 28.2. The van der Waals surface area contributed by atoms with Crippen molar-refractivity contribution in [1.29, 1.82) is 0 Å². The van der Waals surface area contributed by atoms with Crippen LogP contribution in [0.15, 0.2) is 156 Å². The number of furan rings is 1. The minimum atomic E-state index is -0.498. The summed E-state index contributed by atoms with van der Waals surface area (Å²) in [6, 6.07) is 33.7. The van der Waals surface area contributed by atoms with Crippen molar-refractivity contribution in [1.82, 2.24) is 23.8 Å². The molecule has 0 saturated carbocycles. The third kappa shape index (κ3) is 3.52. The number of benzene rings is 7. The molecule has 2 bridgehead atoms. The van der Waals surface area contributed by atoms with Gasteiger partial charge in [0.05, 0.1) is 31.7 Å². The van der Waals surface area contributed by atoms with E-state index in [2.05, 4.69) is 60.7 Å². The average Bonchev–Trinajstić information content (AvgIpc) is 3.93. The lowest BCUT2D eigenvalue weighted by atomic mass is 10.0. The van der Waals surface area contributed by atoms with E-state index < -0.39 is 42.3 Å². The van der Waals surface area contributed by atoms with Gasteiger partial charge in [-0.15, -0.1) is 0 Å². The maximum atomic E-state index is 9.42. The monoisotopic (exact) mass is 658 g/mol. The topological polar surface area (TPSA) is 60.6 Å². The molecule has 0 aliphatic rings. The molecule has 6 heteroatoms. The standard InChI is InChI=1S/C45H25N5O/c1-2-13-27-26(12-1)30-17-9-19-32-28-14-3-6-22-36(28)49(41(30)32)44-46-43(35-21-11-25-39-40(35)34-16-5-8-24-38(34)51-39)47-45(48-44)50-37-23-7-4-15-29(37)33-20-10-18-31(27)42(33)50/h1-25H/i5D,8D,11D,16D,21D,24D,25D. The molecular formula is C45H25N5O. The second kappa shape index (κ2) is 9.77. The van der Waals surface area contributed by atoms with E-state index in [0.29, 0.717) is 0 Å². The molecule has 0 fully saturated rings. The van der Waals surface area contributed by atoms with Crippen LogP contribution in [0.1, 0.15) is 9.60 Å². The number of hydrogen-bond acceptors (Lipinski definition) is 4. The third-order valence-electron chi connectivity index (χ3n) is 10.1. The van der Waals surface area contributed by atoms with E-state index in [9.17, 15) is 1.37 Å². The number of rotatable bonds is 1. The summed E-state index contributed by atoms with van der Waals surface area (Å²) < 4.78 is 71.9. The molecule has 12 rings (SSSR count). The highest BCUT2D eigenvalue weighted by atomic mass is 16.3. The Morgan fingerprint density at radius 3 is 1.53 bits per heavy atom. The molecule has 6 nitrogen and oxygen atoms in total. The van der Waals surface area contributed by atoms with Crippen LogP contribution in [0.4, 0.5) is 0 Å². The van der Waals surface area contributed by atoms with Gasteiger partial charge in [0, 0.05) is 48.7 Å². The van der Waals surface area contributed by atoms with Gasteiger partial charge in [0.15, 0.2) is 5.82 Å². The molecule has 0 atom stereocenters. The Bertz CT molecular complexity index is 3740. The lowest BCUT2D eigenvalue weighted by Gasteiger charge is -2.06. The van der Waals surface area contributed by atoms with E-state index in [1.165, 1.54) is 0 Å². The summed E-state index contributed by atoms with van der Waals surface area (Å²) in [5.74, 6) is 0.428. The summed E-state index contributed by atoms with van der Waals surface area (Å²) in [6.45, 7) is 0. The summed E-state index contributed by atoms with van der Waals surface area (Å²) in [7, 11) is 0. The zero-order valence-electron chi connectivity index (χ0n) is 33.5. The van der Waals surface area contributed by atoms with Crippen LogP contribution in [0, 0.1) is 0 Å². The number of nitrogens with zero attached hydrogens (tertiary/aromatic N) is 5. The summed E-state index contributed by atoms with van der Waals surface area (Å²) in [6.07, 6.45) is 0. The first-order valence-corrected chi connectivity index (χ1v) is 16.6. The van der Waals surface area contributed by atoms with E-state index in [1.54, 1.807) is 0 Å². The summed E-state index contributed by atoms with van der Waals surface area (Å²) in [4.78, 5) is 15.6. The van der Waals surface area contributed by atoms with Crippen LogP contribution < -0.4 is 0 Å². The minimum absolute atomic E-state index is 0.00943. The molecule has 236 valence electrons. The van der Waals surface area contributed by atoms with Crippen molar-refractivity contribution < 1.29 is 14.0 Å². The van der Waals surface area contributed by atoms with Crippen molar-refractivity contribution >= 4 is 98.7 Å². The van der Waals surface area contributed by atoms with Crippen molar-refractivity contribution in [3.05, 3.63) is 151 Å². The highest BCUT2D eigenvalue weighted by Gasteiger charge is 2.20. The largest absolute Gasteiger partial charge is 0.456 e. The van der Waals surface area contributed by atoms with Crippen LogP contribution in [0.5, 0.6) is 0 Å². The quantitative estimate of drug-likeness (QED) is 0.176. The van der Waals surface area contributed by atoms with Gasteiger partial charge in [0.2, 0.25) is 11.6 Å². The smallest absolute Gasteiger partial charge is 0.240 e. The number of aromatic nitrogens is 5. The van der Waals surface area contributed by atoms with Crippen molar-refractivity contribution in [2.45, 2.75) is 0 Å². The molecule has 0 N–H and O–H groups in total. The highest BCUT2D eigenvalue weighted by Crippen LogP contribution is 2.40. The molecule has 0 aliphatic carbocycles. The van der Waals surface area contributed by atoms with E-state index in [4.69, 9.17) is 27.6 Å². The highest BCUT2D eigenvalue weighted by molar-refractivity contribution is 6.24. The zero-order chi connectivity index (χ0) is 39.3. The number of para-hydroxylation sites is 5. The first kappa shape index (κ1) is 21.1. The molecule has 0 unspecified atom stereocenters. The number of hydrogen-bond donors (Lipinski definition) is 0. The van der Waals surface area contributed by atoms with Crippen LogP contribution >= 0.6 is 0 Å². The van der Waals surface area contributed by atoms with Crippen molar-refractivity contribution in [2.24, 2.45) is 0 Å². The Hall–Kier alpha value is -7.05. The fourth-order valence-electron chi connectivity index (χ4n) is 8.03. The Balaban J connectivity index is 1.44. The second-order valence-corrected chi connectivity index (χ2v) is 12.7. The van der Waals surface area contributed by atoms with Gasteiger partial charge in [-0.25, -0.2) is 0 Å². The molecule has 0 aliphatic heterocycles. The van der Waals surface area contributed by atoms with Crippen LogP contribution in [0.2, 0.25) is 0 Å².